The topological polar surface area (TPSA) is 133 Å². The van der Waals surface area contributed by atoms with Crippen molar-refractivity contribution in [3.8, 4) is 5.75 Å². The van der Waals surface area contributed by atoms with Crippen LogP contribution in [0.5, 0.6) is 5.75 Å². The molecule has 1 unspecified atom stereocenters. The van der Waals surface area contributed by atoms with Crippen LogP contribution in [0.4, 0.5) is 11.5 Å². The molecule has 0 saturated heterocycles. The number of ether oxygens (including phenoxy) is 1. The van der Waals surface area contributed by atoms with Crippen LogP contribution in [0.3, 0.4) is 0 Å². The Balaban J connectivity index is 1.86. The summed E-state index contributed by atoms with van der Waals surface area (Å²) in [6, 6.07) is 16.8. The smallest absolute Gasteiger partial charge is 0.330 e. The van der Waals surface area contributed by atoms with Gasteiger partial charge in [0.15, 0.2) is 6.04 Å². The Morgan fingerprint density at radius 2 is 1.97 bits per heavy atom. The first kappa shape index (κ1) is 21.6. The molecule has 0 saturated carbocycles. The van der Waals surface area contributed by atoms with Crippen molar-refractivity contribution in [3.05, 3.63) is 83.6 Å². The van der Waals surface area contributed by atoms with Gasteiger partial charge in [-0.15, -0.1) is 0 Å². The predicted molar refractivity (Wildman–Crippen MR) is 121 cm³/mol. The Hall–Kier alpha value is -4.07. The van der Waals surface area contributed by atoms with Crippen LogP contribution in [0.15, 0.2) is 66.9 Å². The van der Waals surface area contributed by atoms with Crippen LogP contribution < -0.4 is 21.1 Å². The number of hydrogen-bond donors (Lipinski definition) is 5. The summed E-state index contributed by atoms with van der Waals surface area (Å²) in [5.74, 6) is 0.255. The molecular formula is C23H25N5O3. The summed E-state index contributed by atoms with van der Waals surface area (Å²) in [7, 11) is 0. The van der Waals surface area contributed by atoms with Gasteiger partial charge in [0, 0.05) is 24.0 Å². The molecule has 1 atom stereocenters. The molecule has 0 bridgehead atoms. The summed E-state index contributed by atoms with van der Waals surface area (Å²) in [6.45, 7) is 2.81. The summed E-state index contributed by atoms with van der Waals surface area (Å²) in [5.41, 5.74) is 8.08. The van der Waals surface area contributed by atoms with E-state index in [1.807, 2.05) is 37.3 Å². The van der Waals surface area contributed by atoms with Gasteiger partial charge in [-0.2, -0.15) is 0 Å². The zero-order valence-corrected chi connectivity index (χ0v) is 17.1. The summed E-state index contributed by atoms with van der Waals surface area (Å²) in [4.78, 5) is 16.3. The number of carboxylic acids is 1. The number of nitrogens with two attached hydrogens (primary N) is 1. The number of nitrogens with one attached hydrogen (secondary N) is 3. The number of benzene rings is 2. The van der Waals surface area contributed by atoms with E-state index in [1.165, 1.54) is 0 Å². The molecule has 6 N–H and O–H groups in total. The third-order valence-corrected chi connectivity index (χ3v) is 4.53. The summed E-state index contributed by atoms with van der Waals surface area (Å²) >= 11 is 0. The highest BCUT2D eigenvalue weighted by molar-refractivity contribution is 5.95. The Kier molecular flexibility index (Phi) is 7.05. The standard InChI is InChI=1S/C23H25N5O3/c1-2-31-19-12-15(14-27-20-5-3-4-10-26-20)11-17(13-19)21(23(29)30)28-18-8-6-16(7-9-18)22(24)25/h3-13,21,28H,2,14H2,1H3,(H3,24,25)(H,26,27)(H,29,30). The molecule has 0 aliphatic rings. The molecule has 8 nitrogen and oxygen atoms in total. The zero-order valence-electron chi connectivity index (χ0n) is 17.1. The first-order valence-corrected chi connectivity index (χ1v) is 9.81. The number of aliphatic carboxylic acids is 1. The molecule has 31 heavy (non-hydrogen) atoms. The largest absolute Gasteiger partial charge is 0.494 e. The highest BCUT2D eigenvalue weighted by atomic mass is 16.5. The second kappa shape index (κ2) is 10.1. The van der Waals surface area contributed by atoms with Crippen molar-refractivity contribution in [1.82, 2.24) is 4.98 Å². The molecule has 2 aromatic carbocycles. The van der Waals surface area contributed by atoms with E-state index in [-0.39, 0.29) is 5.84 Å². The van der Waals surface area contributed by atoms with Gasteiger partial charge in [-0.05, 0) is 66.6 Å². The Morgan fingerprint density at radius 1 is 1.19 bits per heavy atom. The van der Waals surface area contributed by atoms with Crippen LogP contribution >= 0.6 is 0 Å². The van der Waals surface area contributed by atoms with E-state index < -0.39 is 12.0 Å². The van der Waals surface area contributed by atoms with Gasteiger partial charge in [0.25, 0.3) is 0 Å². The maximum Gasteiger partial charge on any atom is 0.330 e. The third kappa shape index (κ3) is 5.96. The van der Waals surface area contributed by atoms with Crippen LogP contribution in [0, 0.1) is 5.41 Å². The lowest BCUT2D eigenvalue weighted by atomic mass is 10.0. The molecule has 0 radical (unpaired) electrons. The highest BCUT2D eigenvalue weighted by Gasteiger charge is 2.21. The summed E-state index contributed by atoms with van der Waals surface area (Å²) in [5, 5.41) is 23.6. The van der Waals surface area contributed by atoms with E-state index in [0.717, 1.165) is 11.4 Å². The van der Waals surface area contributed by atoms with Crippen molar-refractivity contribution in [2.24, 2.45) is 5.73 Å². The predicted octanol–water partition coefficient (Wildman–Crippen LogP) is 3.61. The van der Waals surface area contributed by atoms with E-state index in [9.17, 15) is 9.90 Å². The van der Waals surface area contributed by atoms with Crippen molar-refractivity contribution in [3.63, 3.8) is 0 Å². The highest BCUT2D eigenvalue weighted by Crippen LogP contribution is 2.26. The second-order valence-electron chi connectivity index (χ2n) is 6.82. The van der Waals surface area contributed by atoms with E-state index in [2.05, 4.69) is 15.6 Å². The van der Waals surface area contributed by atoms with E-state index >= 15 is 0 Å². The lowest BCUT2D eigenvalue weighted by Gasteiger charge is -2.19. The molecule has 0 aliphatic carbocycles. The van der Waals surface area contributed by atoms with Crippen LogP contribution in [0.25, 0.3) is 0 Å². The molecule has 1 aromatic heterocycles. The van der Waals surface area contributed by atoms with Gasteiger partial charge in [0.1, 0.15) is 17.4 Å². The first-order valence-electron chi connectivity index (χ1n) is 9.81. The number of nitrogens with zero attached hydrogens (tertiary/aromatic N) is 1. The molecule has 160 valence electrons. The van der Waals surface area contributed by atoms with Crippen LogP contribution in [-0.4, -0.2) is 28.5 Å². The molecule has 3 aromatic rings. The van der Waals surface area contributed by atoms with Crippen molar-refractivity contribution in [2.75, 3.05) is 17.2 Å². The fraction of sp³-hybridized carbons (Fsp3) is 0.174. The molecule has 3 rings (SSSR count). The monoisotopic (exact) mass is 419 g/mol. The molecular weight excluding hydrogens is 394 g/mol. The number of aromatic nitrogens is 1. The van der Waals surface area contributed by atoms with Crippen LogP contribution in [-0.2, 0) is 11.3 Å². The first-order chi connectivity index (χ1) is 15.0. The summed E-state index contributed by atoms with van der Waals surface area (Å²) in [6.07, 6.45) is 1.70. The van der Waals surface area contributed by atoms with Crippen molar-refractivity contribution in [1.29, 1.82) is 5.41 Å². The minimum Gasteiger partial charge on any atom is -0.494 e. The van der Waals surface area contributed by atoms with Crippen LogP contribution in [0.2, 0.25) is 0 Å². The van der Waals surface area contributed by atoms with Crippen molar-refractivity contribution in [2.45, 2.75) is 19.5 Å². The molecule has 8 heteroatoms. The number of nitrogen functional groups attached to an aromatic ring is 1. The number of carbonyl (C=O) groups is 1. The third-order valence-electron chi connectivity index (χ3n) is 4.53. The number of carboxylic acid groups (broad SMARTS) is 1. The fourth-order valence-corrected chi connectivity index (χ4v) is 3.07. The molecule has 0 fully saturated rings. The van der Waals surface area contributed by atoms with Gasteiger partial charge >= 0.3 is 5.97 Å². The Morgan fingerprint density at radius 3 is 2.58 bits per heavy atom. The maximum atomic E-state index is 12.1. The van der Waals surface area contributed by atoms with E-state index in [0.29, 0.717) is 35.7 Å². The van der Waals surface area contributed by atoms with Crippen LogP contribution in [0.1, 0.15) is 29.7 Å². The number of amidine groups is 1. The number of hydrogen-bond acceptors (Lipinski definition) is 6. The maximum absolute atomic E-state index is 12.1. The molecule has 0 amide bonds. The Labute approximate surface area is 180 Å². The average molecular weight is 419 g/mol. The Bertz CT molecular complexity index is 1040. The summed E-state index contributed by atoms with van der Waals surface area (Å²) < 4.78 is 5.66. The molecule has 0 spiro atoms. The fourth-order valence-electron chi connectivity index (χ4n) is 3.07. The quantitative estimate of drug-likeness (QED) is 0.250. The number of rotatable bonds is 10. The van der Waals surface area contributed by atoms with Gasteiger partial charge in [0.2, 0.25) is 0 Å². The van der Waals surface area contributed by atoms with Crippen molar-refractivity contribution >= 4 is 23.3 Å². The van der Waals surface area contributed by atoms with Gasteiger partial charge in [0.05, 0.1) is 6.61 Å². The minimum absolute atomic E-state index is 0.0456. The normalized spacial score (nSPS) is 11.4. The molecule has 0 aliphatic heterocycles. The second-order valence-corrected chi connectivity index (χ2v) is 6.82. The van der Waals surface area contributed by atoms with Crippen molar-refractivity contribution < 1.29 is 14.6 Å². The zero-order chi connectivity index (χ0) is 22.2. The van der Waals surface area contributed by atoms with E-state index in [1.54, 1.807) is 36.5 Å². The number of anilines is 2. The minimum atomic E-state index is -1.02. The molecule has 1 heterocycles. The average Bonchev–Trinajstić information content (AvgIpc) is 2.77. The van der Waals surface area contributed by atoms with E-state index in [4.69, 9.17) is 15.9 Å². The lowest BCUT2D eigenvalue weighted by Crippen LogP contribution is -2.21. The lowest BCUT2D eigenvalue weighted by molar-refractivity contribution is -0.138. The van der Waals surface area contributed by atoms with Gasteiger partial charge < -0.3 is 26.2 Å². The van der Waals surface area contributed by atoms with Gasteiger partial charge in [-0.25, -0.2) is 9.78 Å². The van der Waals surface area contributed by atoms with Gasteiger partial charge in [-0.3, -0.25) is 5.41 Å². The number of pyridine rings is 1. The SMILES string of the molecule is CCOc1cc(CNc2ccccn2)cc(C(Nc2ccc(C(=N)N)cc2)C(=O)O)c1. The van der Waals surface area contributed by atoms with Gasteiger partial charge in [-0.1, -0.05) is 12.1 Å².